The second-order valence-corrected chi connectivity index (χ2v) is 13.1. The molecule has 2 atom stereocenters. The van der Waals surface area contributed by atoms with Gasteiger partial charge in [-0.2, -0.15) is 0 Å². The Morgan fingerprint density at radius 3 is 1.81 bits per heavy atom. The number of aryl methyl sites for hydroxylation is 1. The molecule has 2 fully saturated rings. The summed E-state index contributed by atoms with van der Waals surface area (Å²) in [4.78, 5) is 3.66. The van der Waals surface area contributed by atoms with Crippen LogP contribution in [0.15, 0.2) is 0 Å². The Morgan fingerprint density at radius 2 is 1.16 bits per heavy atom. The normalized spacial score (nSPS) is 27.1. The summed E-state index contributed by atoms with van der Waals surface area (Å²) >= 11 is 4.54. The molecule has 0 saturated heterocycles. The minimum Gasteiger partial charge on any atom is -0.138 e. The van der Waals surface area contributed by atoms with Crippen LogP contribution in [0.4, 0.5) is 0 Å². The number of thiophene rings is 2. The molecule has 3 aliphatic carbocycles. The van der Waals surface area contributed by atoms with Crippen molar-refractivity contribution in [2.45, 2.75) is 141 Å². The minimum absolute atomic E-state index is 0.859. The second kappa shape index (κ2) is 10.7. The molecule has 3 aliphatic rings. The fourth-order valence-corrected chi connectivity index (χ4v) is 10.4. The topological polar surface area (TPSA) is 0 Å². The molecule has 172 valence electrons. The first-order valence-electron chi connectivity index (χ1n) is 13.9. The third-order valence-corrected chi connectivity index (χ3v) is 11.8. The smallest absolute Gasteiger partial charge is 0.0491 e. The van der Waals surface area contributed by atoms with Crippen LogP contribution in [0.25, 0.3) is 9.40 Å². The van der Waals surface area contributed by atoms with E-state index < -0.39 is 0 Å². The molecule has 0 radical (unpaired) electrons. The van der Waals surface area contributed by atoms with Gasteiger partial charge < -0.3 is 0 Å². The van der Waals surface area contributed by atoms with E-state index in [0.29, 0.717) is 0 Å². The third kappa shape index (κ3) is 4.96. The molecule has 0 aromatic carbocycles. The van der Waals surface area contributed by atoms with Crippen LogP contribution in [-0.2, 0) is 12.8 Å². The van der Waals surface area contributed by atoms with Crippen molar-refractivity contribution in [1.29, 1.82) is 0 Å². The van der Waals surface area contributed by atoms with Crippen molar-refractivity contribution in [1.82, 2.24) is 0 Å². The molecule has 5 rings (SSSR count). The van der Waals surface area contributed by atoms with Gasteiger partial charge in [-0.1, -0.05) is 90.4 Å². The predicted octanol–water partition coefficient (Wildman–Crippen LogP) is 10.5. The molecule has 2 unspecified atom stereocenters. The van der Waals surface area contributed by atoms with Gasteiger partial charge in [-0.25, -0.2) is 0 Å². The average Bonchev–Trinajstić information content (AvgIpc) is 3.33. The zero-order valence-corrected chi connectivity index (χ0v) is 21.6. The Morgan fingerprint density at radius 1 is 0.613 bits per heavy atom. The number of hydrogen-bond donors (Lipinski definition) is 0. The minimum atomic E-state index is 0.859. The lowest BCUT2D eigenvalue weighted by Crippen LogP contribution is -2.17. The van der Waals surface area contributed by atoms with Crippen LogP contribution in [0.3, 0.4) is 0 Å². The molecular weight excluding hydrogens is 412 g/mol. The molecule has 2 saturated carbocycles. The van der Waals surface area contributed by atoms with Gasteiger partial charge in [0.05, 0.1) is 0 Å². The largest absolute Gasteiger partial charge is 0.138 e. The zero-order valence-electron chi connectivity index (χ0n) is 20.0. The van der Waals surface area contributed by atoms with Gasteiger partial charge in [0.15, 0.2) is 0 Å². The number of rotatable bonds is 2. The summed E-state index contributed by atoms with van der Waals surface area (Å²) in [5.74, 6) is 2.71. The summed E-state index contributed by atoms with van der Waals surface area (Å²) in [6.07, 6.45) is 27.7. The van der Waals surface area contributed by atoms with E-state index in [2.05, 4.69) is 29.6 Å². The van der Waals surface area contributed by atoms with Crippen molar-refractivity contribution in [3.8, 4) is 0 Å². The van der Waals surface area contributed by atoms with Crippen molar-refractivity contribution in [2.75, 3.05) is 0 Å². The van der Waals surface area contributed by atoms with Crippen molar-refractivity contribution < 1.29 is 0 Å². The molecule has 0 N–H and O–H groups in total. The molecule has 2 aromatic rings. The molecule has 2 bridgehead atoms. The molecule has 0 aliphatic heterocycles. The van der Waals surface area contributed by atoms with E-state index in [1.807, 2.05) is 15.3 Å². The summed E-state index contributed by atoms with van der Waals surface area (Å²) in [6, 6.07) is 0. The number of fused-ring (bicyclic) bond motifs is 6. The average molecular weight is 457 g/mol. The van der Waals surface area contributed by atoms with Crippen molar-refractivity contribution >= 4 is 32.1 Å². The molecular formula is C29H44S2. The summed E-state index contributed by atoms with van der Waals surface area (Å²) in [5, 5.41) is 0. The monoisotopic (exact) mass is 456 g/mol. The first kappa shape index (κ1) is 22.5. The van der Waals surface area contributed by atoms with Crippen LogP contribution in [0, 0.1) is 5.92 Å². The van der Waals surface area contributed by atoms with Gasteiger partial charge in [0, 0.05) is 19.2 Å². The molecule has 2 heterocycles. The van der Waals surface area contributed by atoms with E-state index in [1.54, 1.807) is 15.0 Å². The van der Waals surface area contributed by atoms with Crippen LogP contribution in [0.5, 0.6) is 0 Å². The third-order valence-electron chi connectivity index (χ3n) is 8.75. The highest BCUT2D eigenvalue weighted by Gasteiger charge is 2.33. The highest BCUT2D eigenvalue weighted by molar-refractivity contribution is 7.28. The van der Waals surface area contributed by atoms with Gasteiger partial charge in [-0.15, -0.1) is 22.7 Å². The lowest BCUT2D eigenvalue weighted by atomic mass is 9.77. The van der Waals surface area contributed by atoms with Gasteiger partial charge in [0.1, 0.15) is 0 Å². The van der Waals surface area contributed by atoms with E-state index in [1.165, 1.54) is 122 Å². The van der Waals surface area contributed by atoms with E-state index in [-0.39, 0.29) is 0 Å². The van der Waals surface area contributed by atoms with Gasteiger partial charge in [-0.3, -0.25) is 0 Å². The summed E-state index contributed by atoms with van der Waals surface area (Å²) < 4.78 is 3.50. The summed E-state index contributed by atoms with van der Waals surface area (Å²) in [5.41, 5.74) is 3.62. The van der Waals surface area contributed by atoms with Gasteiger partial charge >= 0.3 is 0 Å². The maximum Gasteiger partial charge on any atom is 0.0491 e. The van der Waals surface area contributed by atoms with Crippen molar-refractivity contribution in [3.63, 3.8) is 0 Å². The standard InChI is InChI=1S/C29H44S2/c1-2-24-26(22-16-12-8-5-6-9-13-17-22)30-29-25-20-21-15-11-7-3-4-10-14-18-23(19-21)27(25)31-28(24)29/h21-23H,2-20H2,1H3. The maximum atomic E-state index is 2.44. The SMILES string of the molecule is CCc1c(C2CCCCCCCC2)sc2c3c(sc12)C1CCCCCCCCC(C3)C1. The quantitative estimate of drug-likeness (QED) is 0.421. The van der Waals surface area contributed by atoms with Gasteiger partial charge in [0.2, 0.25) is 0 Å². The van der Waals surface area contributed by atoms with Gasteiger partial charge in [0.25, 0.3) is 0 Å². The number of hydrogen-bond acceptors (Lipinski definition) is 2. The fraction of sp³-hybridized carbons (Fsp3) is 0.793. The van der Waals surface area contributed by atoms with E-state index >= 15 is 0 Å². The Hall–Kier alpha value is -0.340. The second-order valence-electron chi connectivity index (χ2n) is 11.0. The zero-order chi connectivity index (χ0) is 21.0. The summed E-state index contributed by atoms with van der Waals surface area (Å²) in [7, 11) is 0. The van der Waals surface area contributed by atoms with Gasteiger partial charge in [-0.05, 0) is 67.4 Å². The Kier molecular flexibility index (Phi) is 7.77. The van der Waals surface area contributed by atoms with E-state index in [9.17, 15) is 0 Å². The van der Waals surface area contributed by atoms with Crippen molar-refractivity contribution in [2.24, 2.45) is 5.92 Å². The lowest BCUT2D eigenvalue weighted by Gasteiger charge is -2.29. The highest BCUT2D eigenvalue weighted by Crippen LogP contribution is 2.53. The Balaban J connectivity index is 1.48. The molecule has 2 heteroatoms. The van der Waals surface area contributed by atoms with Crippen molar-refractivity contribution in [3.05, 3.63) is 20.9 Å². The van der Waals surface area contributed by atoms with Crippen LogP contribution in [0.1, 0.15) is 149 Å². The molecule has 0 amide bonds. The Labute approximate surface area is 199 Å². The fourth-order valence-electron chi connectivity index (χ4n) is 7.02. The highest BCUT2D eigenvalue weighted by atomic mass is 32.1. The first-order valence-corrected chi connectivity index (χ1v) is 15.5. The first-order chi connectivity index (χ1) is 15.3. The molecule has 0 nitrogen and oxygen atoms in total. The molecule has 2 aromatic heterocycles. The summed E-state index contributed by atoms with van der Waals surface area (Å²) in [6.45, 7) is 2.44. The Bertz CT molecular complexity index is 831. The predicted molar refractivity (Wildman–Crippen MR) is 140 cm³/mol. The van der Waals surface area contributed by atoms with Crippen LogP contribution in [-0.4, -0.2) is 0 Å². The lowest BCUT2D eigenvalue weighted by molar-refractivity contribution is 0.363. The van der Waals surface area contributed by atoms with Crippen LogP contribution >= 0.6 is 22.7 Å². The van der Waals surface area contributed by atoms with Crippen LogP contribution < -0.4 is 0 Å². The van der Waals surface area contributed by atoms with E-state index in [4.69, 9.17) is 0 Å². The van der Waals surface area contributed by atoms with Crippen LogP contribution in [0.2, 0.25) is 0 Å². The maximum absolute atomic E-state index is 2.44. The van der Waals surface area contributed by atoms with E-state index in [0.717, 1.165) is 17.8 Å². The molecule has 0 spiro atoms. The molecule has 31 heavy (non-hydrogen) atoms.